The van der Waals surface area contributed by atoms with E-state index < -0.39 is 0 Å². The normalized spacial score (nSPS) is 11.9. The zero-order valence-electron chi connectivity index (χ0n) is 13.3. The van der Waals surface area contributed by atoms with Gasteiger partial charge in [0, 0.05) is 12.7 Å². The van der Waals surface area contributed by atoms with E-state index in [2.05, 4.69) is 17.3 Å². The molecule has 3 aromatic rings. The van der Waals surface area contributed by atoms with Crippen molar-refractivity contribution in [2.45, 2.75) is 12.8 Å². The number of hydrogen-bond donors (Lipinski definition) is 1. The van der Waals surface area contributed by atoms with Gasteiger partial charge in [-0.25, -0.2) is 9.07 Å². The number of benzene rings is 2. The summed E-state index contributed by atoms with van der Waals surface area (Å²) < 4.78 is 14.5. The van der Waals surface area contributed by atoms with Crippen molar-refractivity contribution < 1.29 is 9.18 Å². The summed E-state index contributed by atoms with van der Waals surface area (Å²) in [7, 11) is 0. The van der Waals surface area contributed by atoms with Crippen molar-refractivity contribution in [2.75, 3.05) is 6.54 Å². The summed E-state index contributed by atoms with van der Waals surface area (Å²) in [6, 6.07) is 16.0. The van der Waals surface area contributed by atoms with Gasteiger partial charge in [-0.05, 0) is 35.7 Å². The smallest absolute Gasteiger partial charge is 0.254 e. The van der Waals surface area contributed by atoms with E-state index in [1.54, 1.807) is 23.0 Å². The number of carbonyl (C=O) groups excluding carboxylic acids is 1. The first kappa shape index (κ1) is 15.9. The fourth-order valence-corrected chi connectivity index (χ4v) is 2.42. The molecule has 0 saturated carbocycles. The number of hydrogen-bond acceptors (Lipinski definition) is 2. The predicted molar refractivity (Wildman–Crippen MR) is 90.7 cm³/mol. The van der Waals surface area contributed by atoms with Crippen LogP contribution in [-0.4, -0.2) is 22.2 Å². The minimum absolute atomic E-state index is 0.175. The Kier molecular flexibility index (Phi) is 4.70. The third kappa shape index (κ3) is 3.68. The molecule has 1 atom stereocenters. The van der Waals surface area contributed by atoms with Crippen LogP contribution in [0.15, 0.2) is 67.0 Å². The number of rotatable bonds is 5. The minimum Gasteiger partial charge on any atom is -0.351 e. The first-order chi connectivity index (χ1) is 11.6. The van der Waals surface area contributed by atoms with Crippen molar-refractivity contribution >= 4 is 5.91 Å². The Hall–Kier alpha value is -2.95. The Bertz CT molecular complexity index is 812. The third-order valence-electron chi connectivity index (χ3n) is 3.87. The molecule has 0 fully saturated rings. The second kappa shape index (κ2) is 7.08. The van der Waals surface area contributed by atoms with Crippen LogP contribution < -0.4 is 5.32 Å². The summed E-state index contributed by atoms with van der Waals surface area (Å²) in [5, 5.41) is 7.07. The number of nitrogens with zero attached hydrogens (tertiary/aromatic N) is 2. The molecule has 3 rings (SSSR count). The lowest BCUT2D eigenvalue weighted by molar-refractivity contribution is 0.0951. The standard InChI is InChI=1S/C19H18FN3O/c1-14(15-5-3-2-4-6-15)11-21-19(24)16-12-22-23(13-16)18-9-7-17(20)8-10-18/h2-10,12-14H,11H2,1H3,(H,21,24)/t14-/m0/s1. The number of carbonyl (C=O) groups is 1. The molecule has 122 valence electrons. The maximum absolute atomic E-state index is 13.0. The molecule has 0 aliphatic carbocycles. The fourth-order valence-electron chi connectivity index (χ4n) is 2.42. The van der Waals surface area contributed by atoms with Gasteiger partial charge in [0.25, 0.3) is 5.91 Å². The van der Waals surface area contributed by atoms with Gasteiger partial charge in [0.1, 0.15) is 5.82 Å². The van der Waals surface area contributed by atoms with E-state index in [-0.39, 0.29) is 17.6 Å². The number of halogens is 1. The maximum atomic E-state index is 13.0. The van der Waals surface area contributed by atoms with E-state index in [0.717, 1.165) is 0 Å². The lowest BCUT2D eigenvalue weighted by atomic mass is 10.0. The Morgan fingerprint density at radius 1 is 1.17 bits per heavy atom. The average molecular weight is 323 g/mol. The summed E-state index contributed by atoms with van der Waals surface area (Å²) in [6.07, 6.45) is 3.14. The van der Waals surface area contributed by atoms with Crippen LogP contribution in [0, 0.1) is 5.82 Å². The lowest BCUT2D eigenvalue weighted by Gasteiger charge is -2.12. The summed E-state index contributed by atoms with van der Waals surface area (Å²) in [6.45, 7) is 2.61. The van der Waals surface area contributed by atoms with E-state index in [1.165, 1.54) is 23.9 Å². The molecule has 0 radical (unpaired) electrons. The van der Waals surface area contributed by atoms with Crippen molar-refractivity contribution in [3.8, 4) is 5.69 Å². The van der Waals surface area contributed by atoms with Crippen LogP contribution in [-0.2, 0) is 0 Å². The highest BCUT2D eigenvalue weighted by molar-refractivity contribution is 5.93. The molecule has 1 heterocycles. The van der Waals surface area contributed by atoms with Gasteiger partial charge in [-0.1, -0.05) is 37.3 Å². The molecule has 1 N–H and O–H groups in total. The van der Waals surface area contributed by atoms with E-state index in [0.29, 0.717) is 17.8 Å². The van der Waals surface area contributed by atoms with Crippen molar-refractivity contribution in [2.24, 2.45) is 0 Å². The summed E-state index contributed by atoms with van der Waals surface area (Å²) >= 11 is 0. The van der Waals surface area contributed by atoms with Gasteiger partial charge in [-0.2, -0.15) is 5.10 Å². The SMILES string of the molecule is C[C@@H](CNC(=O)c1cnn(-c2ccc(F)cc2)c1)c1ccccc1. The molecule has 1 amide bonds. The van der Waals surface area contributed by atoms with Gasteiger partial charge in [-0.3, -0.25) is 4.79 Å². The van der Waals surface area contributed by atoms with Crippen LogP contribution in [0.1, 0.15) is 28.8 Å². The number of nitrogens with one attached hydrogen (secondary N) is 1. The highest BCUT2D eigenvalue weighted by atomic mass is 19.1. The average Bonchev–Trinajstić information content (AvgIpc) is 3.11. The van der Waals surface area contributed by atoms with E-state index in [9.17, 15) is 9.18 Å². The largest absolute Gasteiger partial charge is 0.351 e. The predicted octanol–water partition coefficient (Wildman–Crippen LogP) is 3.54. The molecule has 4 nitrogen and oxygen atoms in total. The number of amides is 1. The van der Waals surface area contributed by atoms with Crippen molar-refractivity contribution in [3.63, 3.8) is 0 Å². The van der Waals surface area contributed by atoms with Gasteiger partial charge < -0.3 is 5.32 Å². The monoisotopic (exact) mass is 323 g/mol. The molecule has 0 aliphatic heterocycles. The highest BCUT2D eigenvalue weighted by Crippen LogP contribution is 2.14. The van der Waals surface area contributed by atoms with Crippen molar-refractivity contribution in [1.29, 1.82) is 0 Å². The first-order valence-electron chi connectivity index (χ1n) is 7.77. The molecule has 0 bridgehead atoms. The molecular weight excluding hydrogens is 305 g/mol. The van der Waals surface area contributed by atoms with Gasteiger partial charge in [-0.15, -0.1) is 0 Å². The summed E-state index contributed by atoms with van der Waals surface area (Å²) in [5.41, 5.74) is 2.35. The molecular formula is C19H18FN3O. The Morgan fingerprint density at radius 2 is 1.88 bits per heavy atom. The lowest BCUT2D eigenvalue weighted by Crippen LogP contribution is -2.27. The Balaban J connectivity index is 1.63. The van der Waals surface area contributed by atoms with E-state index in [1.807, 2.05) is 30.3 Å². The summed E-state index contributed by atoms with van der Waals surface area (Å²) in [5.74, 6) is -0.257. The van der Waals surface area contributed by atoms with Gasteiger partial charge in [0.2, 0.25) is 0 Å². The van der Waals surface area contributed by atoms with Gasteiger partial charge in [0.05, 0.1) is 17.4 Å². The van der Waals surface area contributed by atoms with Crippen molar-refractivity contribution in [1.82, 2.24) is 15.1 Å². The zero-order chi connectivity index (χ0) is 16.9. The highest BCUT2D eigenvalue weighted by Gasteiger charge is 2.11. The fraction of sp³-hybridized carbons (Fsp3) is 0.158. The quantitative estimate of drug-likeness (QED) is 0.780. The van der Waals surface area contributed by atoms with Crippen LogP contribution >= 0.6 is 0 Å². The van der Waals surface area contributed by atoms with Crippen LogP contribution in [0.25, 0.3) is 5.69 Å². The number of aromatic nitrogens is 2. The molecule has 1 aromatic heterocycles. The van der Waals surface area contributed by atoms with Gasteiger partial charge in [0.15, 0.2) is 0 Å². The minimum atomic E-state index is -0.307. The second-order valence-corrected chi connectivity index (χ2v) is 5.67. The van der Waals surface area contributed by atoms with E-state index >= 15 is 0 Å². The Morgan fingerprint density at radius 3 is 2.58 bits per heavy atom. The first-order valence-corrected chi connectivity index (χ1v) is 7.77. The molecule has 0 unspecified atom stereocenters. The molecule has 2 aromatic carbocycles. The van der Waals surface area contributed by atoms with Gasteiger partial charge >= 0.3 is 0 Å². The molecule has 5 heteroatoms. The molecule has 0 saturated heterocycles. The summed E-state index contributed by atoms with van der Waals surface area (Å²) in [4.78, 5) is 12.3. The molecule has 24 heavy (non-hydrogen) atoms. The maximum Gasteiger partial charge on any atom is 0.254 e. The van der Waals surface area contributed by atoms with Crippen LogP contribution in [0.3, 0.4) is 0 Å². The van der Waals surface area contributed by atoms with E-state index in [4.69, 9.17) is 0 Å². The Labute approximate surface area is 139 Å². The zero-order valence-corrected chi connectivity index (χ0v) is 13.3. The van der Waals surface area contributed by atoms with Crippen LogP contribution in [0.4, 0.5) is 4.39 Å². The van der Waals surface area contributed by atoms with Crippen LogP contribution in [0.2, 0.25) is 0 Å². The molecule has 0 spiro atoms. The second-order valence-electron chi connectivity index (χ2n) is 5.67. The van der Waals surface area contributed by atoms with Crippen molar-refractivity contribution in [3.05, 3.63) is 83.9 Å². The topological polar surface area (TPSA) is 46.9 Å². The molecule has 0 aliphatic rings. The van der Waals surface area contributed by atoms with Crippen LogP contribution in [0.5, 0.6) is 0 Å². The third-order valence-corrected chi connectivity index (χ3v) is 3.87.